The van der Waals surface area contributed by atoms with Gasteiger partial charge in [0.25, 0.3) is 5.69 Å². The van der Waals surface area contributed by atoms with Crippen LogP contribution in [0, 0.1) is 10.1 Å². The van der Waals surface area contributed by atoms with Crippen molar-refractivity contribution in [3.05, 3.63) is 57.1 Å². The Kier molecular flexibility index (Phi) is 8.10. The van der Waals surface area contributed by atoms with Crippen LogP contribution in [0.2, 0.25) is 0 Å². The second kappa shape index (κ2) is 10.5. The molecule has 0 saturated carbocycles. The number of hydrogen-bond donors (Lipinski definition) is 2. The third-order valence-electron chi connectivity index (χ3n) is 4.00. The first kappa shape index (κ1) is 22.3. The average Bonchev–Trinajstić information content (AvgIpc) is 2.69. The van der Waals surface area contributed by atoms with Gasteiger partial charge in [0.1, 0.15) is 5.75 Å². The Balaban J connectivity index is 1.94. The second-order valence-electron chi connectivity index (χ2n) is 6.02. The molecule has 0 unspecified atom stereocenters. The van der Waals surface area contributed by atoms with E-state index in [-0.39, 0.29) is 30.6 Å². The van der Waals surface area contributed by atoms with Crippen molar-refractivity contribution in [2.24, 2.45) is 0 Å². The SMILES string of the molecule is CCN(CC(=O)Nc1ccc([N+](=O)[O-])cc1Br)CC(=O)Nc1ccccc1OC. The number of carbonyl (C=O) groups is 2. The van der Waals surface area contributed by atoms with Crippen LogP contribution in [0.25, 0.3) is 0 Å². The highest BCUT2D eigenvalue weighted by Gasteiger charge is 2.16. The van der Waals surface area contributed by atoms with Crippen LogP contribution in [0.3, 0.4) is 0 Å². The molecule has 0 atom stereocenters. The Morgan fingerprint density at radius 3 is 2.28 bits per heavy atom. The number of halogens is 1. The van der Waals surface area contributed by atoms with Gasteiger partial charge in [-0.3, -0.25) is 24.6 Å². The standard InChI is InChI=1S/C19H21BrN4O5/c1-3-23(12-19(26)22-16-6-4-5-7-17(16)29-2)11-18(25)21-15-9-8-13(24(27)28)10-14(15)20/h4-10H,3,11-12H2,1-2H3,(H,21,25)(H,22,26). The first-order valence-corrected chi connectivity index (χ1v) is 9.52. The average molecular weight is 465 g/mol. The summed E-state index contributed by atoms with van der Waals surface area (Å²) in [5, 5.41) is 16.2. The van der Waals surface area contributed by atoms with E-state index >= 15 is 0 Å². The number of methoxy groups -OCH3 is 1. The molecule has 0 aromatic heterocycles. The molecule has 2 N–H and O–H groups in total. The maximum atomic E-state index is 12.3. The van der Waals surface area contributed by atoms with Crippen molar-refractivity contribution >= 4 is 44.8 Å². The quantitative estimate of drug-likeness (QED) is 0.434. The van der Waals surface area contributed by atoms with Crippen molar-refractivity contribution in [1.29, 1.82) is 0 Å². The van der Waals surface area contributed by atoms with E-state index in [1.54, 1.807) is 29.2 Å². The van der Waals surface area contributed by atoms with Crippen molar-refractivity contribution in [2.45, 2.75) is 6.92 Å². The molecular weight excluding hydrogens is 444 g/mol. The lowest BCUT2D eigenvalue weighted by atomic mass is 10.2. The number of nitrogens with one attached hydrogen (secondary N) is 2. The Bertz CT molecular complexity index is 906. The minimum absolute atomic E-state index is 0.0146. The number of anilines is 2. The zero-order chi connectivity index (χ0) is 21.4. The molecule has 0 aliphatic heterocycles. The Hall–Kier alpha value is -2.98. The summed E-state index contributed by atoms with van der Waals surface area (Å²) in [6.07, 6.45) is 0. The van der Waals surface area contributed by atoms with E-state index in [9.17, 15) is 19.7 Å². The number of nitro groups is 1. The fraction of sp³-hybridized carbons (Fsp3) is 0.263. The van der Waals surface area contributed by atoms with E-state index in [2.05, 4.69) is 26.6 Å². The Morgan fingerprint density at radius 1 is 1.10 bits per heavy atom. The molecule has 0 bridgehead atoms. The number of hydrogen-bond acceptors (Lipinski definition) is 6. The predicted octanol–water partition coefficient (Wildman–Crippen LogP) is 3.27. The summed E-state index contributed by atoms with van der Waals surface area (Å²) in [7, 11) is 1.52. The summed E-state index contributed by atoms with van der Waals surface area (Å²) in [5.41, 5.74) is 0.878. The zero-order valence-corrected chi connectivity index (χ0v) is 17.6. The highest BCUT2D eigenvalue weighted by Crippen LogP contribution is 2.27. The van der Waals surface area contributed by atoms with E-state index in [4.69, 9.17) is 4.74 Å². The van der Waals surface area contributed by atoms with E-state index < -0.39 is 4.92 Å². The molecule has 2 amide bonds. The fourth-order valence-corrected chi connectivity index (χ4v) is 3.00. The van der Waals surface area contributed by atoms with Gasteiger partial charge < -0.3 is 15.4 Å². The third kappa shape index (κ3) is 6.54. The van der Waals surface area contributed by atoms with Gasteiger partial charge in [0, 0.05) is 16.6 Å². The molecule has 2 aromatic rings. The number of nitro benzene ring substituents is 1. The lowest BCUT2D eigenvalue weighted by molar-refractivity contribution is -0.384. The Morgan fingerprint density at radius 2 is 1.72 bits per heavy atom. The summed E-state index contributed by atoms with van der Waals surface area (Å²) in [6.45, 7) is 2.32. The molecule has 9 nitrogen and oxygen atoms in total. The first-order valence-electron chi connectivity index (χ1n) is 8.73. The molecule has 2 aromatic carbocycles. The smallest absolute Gasteiger partial charge is 0.270 e. The van der Waals surface area contributed by atoms with Crippen LogP contribution in [-0.4, -0.2) is 48.4 Å². The van der Waals surface area contributed by atoms with Crippen molar-refractivity contribution < 1.29 is 19.2 Å². The van der Waals surface area contributed by atoms with Crippen LogP contribution in [0.1, 0.15) is 6.92 Å². The van der Waals surface area contributed by atoms with Crippen LogP contribution >= 0.6 is 15.9 Å². The Labute approximate surface area is 176 Å². The van der Waals surface area contributed by atoms with Gasteiger partial charge in [-0.1, -0.05) is 19.1 Å². The molecule has 0 aliphatic rings. The van der Waals surface area contributed by atoms with Gasteiger partial charge >= 0.3 is 0 Å². The number of non-ortho nitro benzene ring substituents is 1. The van der Waals surface area contributed by atoms with Gasteiger partial charge in [0.15, 0.2) is 0 Å². The van der Waals surface area contributed by atoms with Gasteiger partial charge in [-0.15, -0.1) is 0 Å². The van der Waals surface area contributed by atoms with Crippen molar-refractivity contribution in [3.8, 4) is 5.75 Å². The minimum Gasteiger partial charge on any atom is -0.495 e. The molecular formula is C19H21BrN4O5. The molecule has 10 heteroatoms. The van der Waals surface area contributed by atoms with Gasteiger partial charge in [0.05, 0.1) is 36.5 Å². The third-order valence-corrected chi connectivity index (χ3v) is 4.66. The number of nitrogens with zero attached hydrogens (tertiary/aromatic N) is 2. The summed E-state index contributed by atoms with van der Waals surface area (Å²) < 4.78 is 5.60. The van der Waals surface area contributed by atoms with Crippen LogP contribution in [0.15, 0.2) is 46.9 Å². The van der Waals surface area contributed by atoms with Gasteiger partial charge in [-0.25, -0.2) is 0 Å². The second-order valence-corrected chi connectivity index (χ2v) is 6.88. The molecule has 0 radical (unpaired) electrons. The summed E-state index contributed by atoms with van der Waals surface area (Å²) in [6, 6.07) is 11.1. The van der Waals surface area contributed by atoms with Crippen LogP contribution in [0.5, 0.6) is 5.75 Å². The summed E-state index contributed by atoms with van der Waals surface area (Å²) >= 11 is 3.21. The topological polar surface area (TPSA) is 114 Å². The van der Waals surface area contributed by atoms with Crippen LogP contribution in [-0.2, 0) is 9.59 Å². The number of likely N-dealkylation sites (N-methyl/N-ethyl adjacent to an activating group) is 1. The molecule has 2 rings (SSSR count). The monoisotopic (exact) mass is 464 g/mol. The van der Waals surface area contributed by atoms with E-state index in [0.717, 1.165) is 0 Å². The minimum atomic E-state index is -0.518. The molecule has 0 saturated heterocycles. The number of carbonyl (C=O) groups excluding carboxylic acids is 2. The maximum absolute atomic E-state index is 12.3. The molecule has 154 valence electrons. The normalized spacial score (nSPS) is 10.5. The van der Waals surface area contributed by atoms with Crippen molar-refractivity contribution in [1.82, 2.24) is 4.90 Å². The predicted molar refractivity (Wildman–Crippen MR) is 113 cm³/mol. The first-order chi connectivity index (χ1) is 13.8. The molecule has 0 heterocycles. The fourth-order valence-electron chi connectivity index (χ4n) is 2.53. The summed E-state index contributed by atoms with van der Waals surface area (Å²) in [4.78, 5) is 36.6. The van der Waals surface area contributed by atoms with Gasteiger partial charge in [-0.2, -0.15) is 0 Å². The van der Waals surface area contributed by atoms with Crippen LogP contribution < -0.4 is 15.4 Å². The van der Waals surface area contributed by atoms with E-state index in [1.165, 1.54) is 25.3 Å². The van der Waals surface area contributed by atoms with E-state index in [0.29, 0.717) is 28.1 Å². The van der Waals surface area contributed by atoms with Gasteiger partial charge in [-0.05, 0) is 40.7 Å². The zero-order valence-electron chi connectivity index (χ0n) is 16.0. The number of para-hydroxylation sites is 2. The molecule has 0 spiro atoms. The number of rotatable bonds is 9. The van der Waals surface area contributed by atoms with E-state index in [1.807, 2.05) is 6.92 Å². The van der Waals surface area contributed by atoms with Crippen LogP contribution in [0.4, 0.5) is 17.1 Å². The largest absolute Gasteiger partial charge is 0.495 e. The molecule has 0 aliphatic carbocycles. The lowest BCUT2D eigenvalue weighted by Crippen LogP contribution is -2.38. The van der Waals surface area contributed by atoms with Crippen molar-refractivity contribution in [3.63, 3.8) is 0 Å². The highest BCUT2D eigenvalue weighted by atomic mass is 79.9. The van der Waals surface area contributed by atoms with Gasteiger partial charge in [0.2, 0.25) is 11.8 Å². The molecule has 29 heavy (non-hydrogen) atoms. The number of benzene rings is 2. The molecule has 0 fully saturated rings. The maximum Gasteiger partial charge on any atom is 0.270 e. The highest BCUT2D eigenvalue weighted by molar-refractivity contribution is 9.10. The summed E-state index contributed by atoms with van der Waals surface area (Å²) in [5.74, 6) is -0.0724. The number of amides is 2. The van der Waals surface area contributed by atoms with Crippen molar-refractivity contribution in [2.75, 3.05) is 37.4 Å². The number of ether oxygens (including phenoxy) is 1. The lowest BCUT2D eigenvalue weighted by Gasteiger charge is -2.20.